The van der Waals surface area contributed by atoms with Crippen LogP contribution >= 0.6 is 0 Å². The minimum atomic E-state index is -4.23. The Hall–Kier alpha value is -0.110. The van der Waals surface area contributed by atoms with Crippen LogP contribution in [0.3, 0.4) is 0 Å². The van der Waals surface area contributed by atoms with Gasteiger partial charge in [0.1, 0.15) is 0 Å². The van der Waals surface area contributed by atoms with E-state index in [0.29, 0.717) is 6.42 Å². The Kier molecular flexibility index (Phi) is 16.0. The summed E-state index contributed by atoms with van der Waals surface area (Å²) in [6.07, 6.45) is 11.9. The number of nitrogen functional groups attached to an aromatic ring is 1. The second-order valence-corrected chi connectivity index (χ2v) is 8.59. The van der Waals surface area contributed by atoms with Crippen molar-refractivity contribution in [2.45, 2.75) is 71.1 Å². The first kappa shape index (κ1) is 24.9. The molecular formula is C18H32NNaO4S. The van der Waals surface area contributed by atoms with Crippen molar-refractivity contribution in [3.8, 4) is 0 Å². The van der Waals surface area contributed by atoms with Gasteiger partial charge in [-0.05, 0) is 6.42 Å². The zero-order valence-corrected chi connectivity index (χ0v) is 18.6. The van der Waals surface area contributed by atoms with Gasteiger partial charge in [0, 0.05) is 0 Å². The molecule has 0 radical (unpaired) electrons. The quantitative estimate of drug-likeness (QED) is 0.249. The van der Waals surface area contributed by atoms with Crippen molar-refractivity contribution in [3.05, 3.63) is 24.3 Å². The van der Waals surface area contributed by atoms with Crippen LogP contribution in [0.25, 0.3) is 0 Å². The monoisotopic (exact) mass is 381 g/mol. The van der Waals surface area contributed by atoms with E-state index in [9.17, 15) is 8.42 Å². The fourth-order valence-electron chi connectivity index (χ4n) is 2.32. The fraction of sp³-hybridized carbons (Fsp3) is 0.667. The Bertz CT molecular complexity index is 499. The van der Waals surface area contributed by atoms with Gasteiger partial charge in [-0.1, -0.05) is 64.7 Å². The van der Waals surface area contributed by atoms with E-state index in [1.807, 2.05) is 12.1 Å². The van der Waals surface area contributed by atoms with Crippen molar-refractivity contribution < 1.29 is 17.2 Å². The maximum atomic E-state index is 10.2. The zero-order chi connectivity index (χ0) is 19.0. The molecule has 0 unspecified atom stereocenters. The van der Waals surface area contributed by atoms with Gasteiger partial charge in [0.05, 0.1) is 6.61 Å². The fourth-order valence-corrected chi connectivity index (χ4v) is 2.98. The normalized spacial score (nSPS) is 11.0. The molecule has 0 aliphatic heterocycles. The van der Waals surface area contributed by atoms with Crippen LogP contribution in [-0.2, 0) is 14.6 Å². The standard InChI is InChI=1S/C12H26O4S.C6H6N.Na/c1-2-3-4-5-6-7-8-9-10-11-12-16-17(13,14)15;7-6-4-2-1-3-5-6;/h2-12H2,1H3,(H,13,14,15);2-5H,7H2;. The van der Waals surface area contributed by atoms with E-state index < -0.39 is 10.4 Å². The first-order valence-corrected chi connectivity index (χ1v) is 11.7. The molecule has 0 aliphatic carbocycles. The zero-order valence-electron chi connectivity index (χ0n) is 15.7. The van der Waals surface area contributed by atoms with E-state index >= 15 is 0 Å². The molecule has 5 nitrogen and oxygen atoms in total. The van der Waals surface area contributed by atoms with Crippen LogP contribution in [0.1, 0.15) is 71.1 Å². The van der Waals surface area contributed by atoms with Gasteiger partial charge in [0.15, 0.2) is 0 Å². The molecule has 1 aromatic carbocycles. The molecule has 0 atom stereocenters. The molecule has 1 rings (SSSR count). The molecule has 0 saturated heterocycles. The van der Waals surface area contributed by atoms with Gasteiger partial charge >= 0.3 is 76.8 Å². The predicted octanol–water partition coefficient (Wildman–Crippen LogP) is 3.79. The summed E-state index contributed by atoms with van der Waals surface area (Å²) in [5.74, 6) is 0. The first-order valence-electron chi connectivity index (χ1n) is 9.29. The average molecular weight is 382 g/mol. The van der Waals surface area contributed by atoms with Crippen LogP contribution in [0.2, 0.25) is 0 Å². The molecule has 0 heterocycles. The minimum absolute atomic E-state index is 0.0926. The molecule has 7 heteroatoms. The van der Waals surface area contributed by atoms with E-state index in [0.717, 1.165) is 46.5 Å². The topological polar surface area (TPSA) is 89.6 Å². The summed E-state index contributed by atoms with van der Waals surface area (Å²) in [7, 11) is -4.23. The number of benzene rings is 1. The average Bonchev–Trinajstić information content (AvgIpc) is 2.55. The number of nitrogens with two attached hydrogens (primary N) is 1. The van der Waals surface area contributed by atoms with Crippen molar-refractivity contribution >= 4 is 46.8 Å². The third kappa shape index (κ3) is 20.1. The van der Waals surface area contributed by atoms with Crippen LogP contribution in [-0.4, -0.2) is 47.5 Å². The molecule has 0 aliphatic rings. The SMILES string of the molecule is CCCCCCCCCCCCOS(=O)(=O)O.Nc1cc[c]([Na])cc1. The molecule has 3 N–H and O–H groups in total. The van der Waals surface area contributed by atoms with Crippen LogP contribution < -0.4 is 8.55 Å². The molecule has 140 valence electrons. The van der Waals surface area contributed by atoms with Crippen molar-refractivity contribution in [3.63, 3.8) is 0 Å². The van der Waals surface area contributed by atoms with Crippen molar-refractivity contribution in [2.75, 3.05) is 12.3 Å². The van der Waals surface area contributed by atoms with Crippen LogP contribution in [0.15, 0.2) is 24.3 Å². The summed E-state index contributed by atoms with van der Waals surface area (Å²) >= 11 is 1.12. The molecule has 0 saturated carbocycles. The second-order valence-electron chi connectivity index (χ2n) is 6.34. The summed E-state index contributed by atoms with van der Waals surface area (Å²) in [5, 5.41) is 0. The van der Waals surface area contributed by atoms with Gasteiger partial charge in [-0.3, -0.25) is 4.55 Å². The van der Waals surface area contributed by atoms with Gasteiger partial charge in [0.2, 0.25) is 0 Å². The summed E-state index contributed by atoms with van der Waals surface area (Å²) in [5.41, 5.74) is 6.29. The second kappa shape index (κ2) is 16.1. The van der Waals surface area contributed by atoms with E-state index in [-0.39, 0.29) is 6.61 Å². The number of rotatable bonds is 12. The van der Waals surface area contributed by atoms with E-state index in [1.54, 1.807) is 0 Å². The predicted molar refractivity (Wildman–Crippen MR) is 106 cm³/mol. The molecule has 0 bridgehead atoms. The summed E-state index contributed by atoms with van der Waals surface area (Å²) in [6.45, 7) is 2.31. The first-order chi connectivity index (χ1) is 11.8. The molecule has 1 aromatic rings. The third-order valence-electron chi connectivity index (χ3n) is 3.81. The number of hydrogen-bond donors (Lipinski definition) is 2. The molecule has 0 spiro atoms. The van der Waals surface area contributed by atoms with Gasteiger partial charge < -0.3 is 0 Å². The van der Waals surface area contributed by atoms with E-state index in [2.05, 4.69) is 23.2 Å². The molecule has 0 aromatic heterocycles. The third-order valence-corrected chi connectivity index (χ3v) is 4.94. The van der Waals surface area contributed by atoms with E-state index in [1.165, 1.54) is 47.8 Å². The maximum absolute atomic E-state index is 10.2. The molecule has 25 heavy (non-hydrogen) atoms. The molecule has 0 amide bonds. The Labute approximate surface area is 171 Å². The number of unbranched alkanes of at least 4 members (excludes halogenated alkanes) is 9. The number of hydrogen-bond acceptors (Lipinski definition) is 4. The Morgan fingerprint density at radius 3 is 1.76 bits per heavy atom. The van der Waals surface area contributed by atoms with Crippen molar-refractivity contribution in [1.29, 1.82) is 0 Å². The van der Waals surface area contributed by atoms with Gasteiger partial charge in [-0.15, -0.1) is 0 Å². The van der Waals surface area contributed by atoms with Gasteiger partial charge in [-0.2, -0.15) is 8.42 Å². The Balaban J connectivity index is 0.000000593. The van der Waals surface area contributed by atoms with Crippen LogP contribution in [0, 0.1) is 0 Å². The molecular weight excluding hydrogens is 349 g/mol. The number of anilines is 1. The summed E-state index contributed by atoms with van der Waals surface area (Å²) in [6, 6.07) is 7.98. The van der Waals surface area contributed by atoms with Crippen molar-refractivity contribution in [2.24, 2.45) is 0 Å². The van der Waals surface area contributed by atoms with Crippen LogP contribution in [0.4, 0.5) is 5.69 Å². The Morgan fingerprint density at radius 1 is 0.920 bits per heavy atom. The van der Waals surface area contributed by atoms with E-state index in [4.69, 9.17) is 10.3 Å². The van der Waals surface area contributed by atoms with Gasteiger partial charge in [-0.25, -0.2) is 4.18 Å². The summed E-state index contributed by atoms with van der Waals surface area (Å²) in [4.78, 5) is 0. The van der Waals surface area contributed by atoms with Gasteiger partial charge in [0.25, 0.3) is 0 Å². The van der Waals surface area contributed by atoms with Crippen molar-refractivity contribution in [1.82, 2.24) is 0 Å². The van der Waals surface area contributed by atoms with Crippen LogP contribution in [0.5, 0.6) is 0 Å². The molecule has 0 fully saturated rings. The summed E-state index contributed by atoms with van der Waals surface area (Å²) < 4.78 is 34.4. The Morgan fingerprint density at radius 2 is 1.36 bits per heavy atom.